The lowest BCUT2D eigenvalue weighted by Crippen LogP contribution is -2.53. The van der Waals surface area contributed by atoms with Crippen LogP contribution in [0.1, 0.15) is 18.9 Å². The smallest absolute Gasteiger partial charge is 0.151 e. The highest BCUT2D eigenvalue weighted by atomic mass is 16.5. The van der Waals surface area contributed by atoms with Gasteiger partial charge in [0.2, 0.25) is 0 Å². The zero-order valence-corrected chi connectivity index (χ0v) is 11.6. The number of hydrogen-bond acceptors (Lipinski definition) is 5. The first-order valence-electron chi connectivity index (χ1n) is 6.35. The van der Waals surface area contributed by atoms with Crippen LogP contribution in [-0.2, 0) is 19.7 Å². The maximum Gasteiger partial charge on any atom is 0.151 e. The average Bonchev–Trinajstić information content (AvgIpc) is 2.48. The van der Waals surface area contributed by atoms with Crippen molar-refractivity contribution in [1.29, 1.82) is 0 Å². The minimum absolute atomic E-state index is 0.141. The molecule has 5 heteroatoms. The predicted octanol–water partition coefficient (Wildman–Crippen LogP) is 0.469. The molecule has 1 aromatic carbocycles. The molecule has 0 spiro atoms. The summed E-state index contributed by atoms with van der Waals surface area (Å²) in [6, 6.07) is 8.78. The van der Waals surface area contributed by atoms with Crippen molar-refractivity contribution >= 4 is 12.6 Å². The van der Waals surface area contributed by atoms with E-state index in [0.717, 1.165) is 0 Å². The van der Waals surface area contributed by atoms with Crippen LogP contribution >= 0.6 is 0 Å². The van der Waals surface area contributed by atoms with Gasteiger partial charge in [0.15, 0.2) is 6.29 Å². The van der Waals surface area contributed by atoms with E-state index in [0.29, 0.717) is 18.1 Å². The molecule has 0 aromatic heterocycles. The predicted molar refractivity (Wildman–Crippen MR) is 73.3 cm³/mol. The van der Waals surface area contributed by atoms with Gasteiger partial charge in [-0.1, -0.05) is 37.3 Å². The lowest BCUT2D eigenvalue weighted by molar-refractivity contribution is -0.132. The van der Waals surface area contributed by atoms with Gasteiger partial charge in [-0.05, 0) is 5.56 Å². The van der Waals surface area contributed by atoms with E-state index in [1.165, 1.54) is 7.11 Å². The van der Waals surface area contributed by atoms with Crippen molar-refractivity contribution in [2.75, 3.05) is 7.11 Å². The molecule has 2 N–H and O–H groups in total. The molecule has 0 bridgehead atoms. The summed E-state index contributed by atoms with van der Waals surface area (Å²) in [7, 11) is 1.31. The van der Waals surface area contributed by atoms with Crippen LogP contribution in [-0.4, -0.2) is 48.2 Å². The molecule has 1 aromatic rings. The highest BCUT2D eigenvalue weighted by Gasteiger charge is 2.45. The van der Waals surface area contributed by atoms with Crippen molar-refractivity contribution < 1.29 is 24.5 Å². The van der Waals surface area contributed by atoms with E-state index in [-0.39, 0.29) is 6.42 Å². The van der Waals surface area contributed by atoms with Crippen molar-refractivity contribution in [3.63, 3.8) is 0 Å². The molecule has 20 heavy (non-hydrogen) atoms. The topological polar surface area (TPSA) is 83.8 Å². The average molecular weight is 280 g/mol. The lowest BCUT2D eigenvalue weighted by Gasteiger charge is -2.40. The number of hydrogen-bond donors (Lipinski definition) is 2. The first kappa shape index (κ1) is 16.5. The fraction of sp³-hybridized carbons (Fsp3) is 0.467. The number of methoxy groups -OCH3 is 1. The molecule has 0 radical (unpaired) electrons. The third-order valence-electron chi connectivity index (χ3n) is 3.74. The highest BCUT2D eigenvalue weighted by Crippen LogP contribution is 2.34. The Morgan fingerprint density at radius 3 is 2.30 bits per heavy atom. The number of aliphatic hydroxyl groups excluding tert-OH is 2. The van der Waals surface area contributed by atoms with Gasteiger partial charge in [0.1, 0.15) is 12.4 Å². The Kier molecular flexibility index (Phi) is 6.01. The molecule has 0 aliphatic heterocycles. The molecule has 0 saturated carbocycles. The number of ether oxygens (including phenoxy) is 1. The standard InChI is InChI=1S/C15H20O5/c1-15(13(18)8-9-16,11-6-4-3-5-7-11)14(19)12(10-17)20-2/h3-7,9-10,12-14,18-19H,8H2,1-2H3. The number of benzene rings is 1. The maximum atomic E-state index is 11.0. The number of aliphatic hydroxyl groups is 2. The van der Waals surface area contributed by atoms with Crippen molar-refractivity contribution in [2.45, 2.75) is 37.1 Å². The van der Waals surface area contributed by atoms with Crippen LogP contribution in [0.2, 0.25) is 0 Å². The Balaban J connectivity index is 3.26. The zero-order valence-electron chi connectivity index (χ0n) is 11.6. The molecule has 0 aliphatic carbocycles. The molecule has 5 nitrogen and oxygen atoms in total. The van der Waals surface area contributed by atoms with E-state index in [1.807, 2.05) is 0 Å². The maximum absolute atomic E-state index is 11.0. The molecule has 0 amide bonds. The van der Waals surface area contributed by atoms with E-state index < -0.39 is 23.7 Å². The van der Waals surface area contributed by atoms with E-state index in [1.54, 1.807) is 37.3 Å². The molecule has 0 heterocycles. The minimum atomic E-state index is -1.28. The fourth-order valence-electron chi connectivity index (χ4n) is 2.29. The number of carbonyl (C=O) groups excluding carboxylic acids is 2. The zero-order chi connectivity index (χ0) is 15.2. The molecule has 0 aliphatic rings. The largest absolute Gasteiger partial charge is 0.392 e. The van der Waals surface area contributed by atoms with Crippen molar-refractivity contribution in [2.24, 2.45) is 0 Å². The molecule has 4 unspecified atom stereocenters. The molecule has 110 valence electrons. The van der Waals surface area contributed by atoms with Crippen LogP contribution in [0, 0.1) is 0 Å². The van der Waals surface area contributed by atoms with Gasteiger partial charge in [-0.25, -0.2) is 0 Å². The van der Waals surface area contributed by atoms with Gasteiger partial charge in [-0.15, -0.1) is 0 Å². The fourth-order valence-corrected chi connectivity index (χ4v) is 2.29. The Labute approximate surface area is 118 Å². The molecule has 0 fully saturated rings. The molecule has 0 saturated heterocycles. The number of aldehydes is 2. The van der Waals surface area contributed by atoms with Crippen molar-refractivity contribution in [3.8, 4) is 0 Å². The van der Waals surface area contributed by atoms with Gasteiger partial charge in [0.05, 0.1) is 12.2 Å². The molecular weight excluding hydrogens is 260 g/mol. The highest BCUT2D eigenvalue weighted by molar-refractivity contribution is 5.58. The Morgan fingerprint density at radius 2 is 1.85 bits per heavy atom. The molecule has 4 atom stereocenters. The van der Waals surface area contributed by atoms with E-state index in [4.69, 9.17) is 4.74 Å². The van der Waals surface area contributed by atoms with Crippen LogP contribution in [0.5, 0.6) is 0 Å². The second-order valence-corrected chi connectivity index (χ2v) is 4.85. The summed E-state index contributed by atoms with van der Waals surface area (Å²) in [6.07, 6.45) is -2.56. The summed E-state index contributed by atoms with van der Waals surface area (Å²) in [5.41, 5.74) is -0.560. The normalized spacial score (nSPS) is 18.6. The quantitative estimate of drug-likeness (QED) is 0.676. The first-order chi connectivity index (χ1) is 9.52. The summed E-state index contributed by atoms with van der Waals surface area (Å²) in [4.78, 5) is 21.7. The van der Waals surface area contributed by atoms with Crippen LogP contribution < -0.4 is 0 Å². The Morgan fingerprint density at radius 1 is 1.25 bits per heavy atom. The van der Waals surface area contributed by atoms with Gasteiger partial charge in [0.25, 0.3) is 0 Å². The van der Waals surface area contributed by atoms with Gasteiger partial charge in [-0.2, -0.15) is 0 Å². The summed E-state index contributed by atoms with van der Waals surface area (Å²) < 4.78 is 4.94. The van der Waals surface area contributed by atoms with Crippen molar-refractivity contribution in [1.82, 2.24) is 0 Å². The summed E-state index contributed by atoms with van der Waals surface area (Å²) >= 11 is 0. The second kappa shape index (κ2) is 7.28. The van der Waals surface area contributed by atoms with Gasteiger partial charge in [0, 0.05) is 18.9 Å². The Hall–Kier alpha value is -1.56. The van der Waals surface area contributed by atoms with Crippen LogP contribution in [0.3, 0.4) is 0 Å². The van der Waals surface area contributed by atoms with Crippen LogP contribution in [0.4, 0.5) is 0 Å². The molecular formula is C15H20O5. The third-order valence-corrected chi connectivity index (χ3v) is 3.74. The van der Waals surface area contributed by atoms with Crippen molar-refractivity contribution in [3.05, 3.63) is 35.9 Å². The lowest BCUT2D eigenvalue weighted by atomic mass is 9.70. The van der Waals surface area contributed by atoms with Gasteiger partial charge in [-0.3, -0.25) is 0 Å². The number of carbonyl (C=O) groups is 2. The second-order valence-electron chi connectivity index (χ2n) is 4.85. The SMILES string of the molecule is COC(C=O)C(O)C(C)(c1ccccc1)C(O)CC=O. The Bertz CT molecular complexity index is 433. The minimum Gasteiger partial charge on any atom is -0.392 e. The van der Waals surface area contributed by atoms with E-state index in [9.17, 15) is 19.8 Å². The monoisotopic (exact) mass is 280 g/mol. The van der Waals surface area contributed by atoms with Crippen LogP contribution in [0.25, 0.3) is 0 Å². The molecule has 1 rings (SSSR count). The third kappa shape index (κ3) is 3.12. The summed E-state index contributed by atoms with van der Waals surface area (Å²) in [6.45, 7) is 1.61. The number of rotatable bonds is 8. The summed E-state index contributed by atoms with van der Waals surface area (Å²) in [5, 5.41) is 20.7. The van der Waals surface area contributed by atoms with Gasteiger partial charge >= 0.3 is 0 Å². The summed E-state index contributed by atoms with van der Waals surface area (Å²) in [5.74, 6) is 0. The first-order valence-corrected chi connectivity index (χ1v) is 6.35. The van der Waals surface area contributed by atoms with E-state index in [2.05, 4.69) is 0 Å². The van der Waals surface area contributed by atoms with Gasteiger partial charge < -0.3 is 24.5 Å². The van der Waals surface area contributed by atoms with Crippen LogP contribution in [0.15, 0.2) is 30.3 Å². The van der Waals surface area contributed by atoms with E-state index >= 15 is 0 Å².